The fraction of sp³-hybridized carbons (Fsp3) is 0. The van der Waals surface area contributed by atoms with Crippen molar-refractivity contribution in [1.29, 1.82) is 0 Å². The van der Waals surface area contributed by atoms with Crippen LogP contribution in [0.1, 0.15) is 0 Å². The van der Waals surface area contributed by atoms with Gasteiger partial charge in [0.05, 0.1) is 12.5 Å². The van der Waals surface area contributed by atoms with Crippen LogP contribution in [0.3, 0.4) is 0 Å². The van der Waals surface area contributed by atoms with E-state index in [1.54, 1.807) is 24.7 Å². The average molecular weight is 278 g/mol. The van der Waals surface area contributed by atoms with Crippen LogP contribution in [0.15, 0.2) is 74.3 Å². The Labute approximate surface area is 119 Å². The standard InChI is InChI=1S/C16H10N2O3/c1-3-13(19-9-1)11-5-7-12(8-6-11)15-17-18-16(21-15)14-4-2-10-20-14/h1-10H. The highest BCUT2D eigenvalue weighted by molar-refractivity contribution is 5.63. The smallest absolute Gasteiger partial charge is 0.283 e. The first kappa shape index (κ1) is 11.7. The second kappa shape index (κ2) is 4.79. The van der Waals surface area contributed by atoms with Gasteiger partial charge in [0.1, 0.15) is 5.76 Å². The summed E-state index contributed by atoms with van der Waals surface area (Å²) in [6.07, 6.45) is 3.22. The van der Waals surface area contributed by atoms with E-state index in [2.05, 4.69) is 10.2 Å². The third-order valence-corrected chi connectivity index (χ3v) is 3.09. The van der Waals surface area contributed by atoms with Crippen LogP contribution < -0.4 is 0 Å². The van der Waals surface area contributed by atoms with Crippen molar-refractivity contribution in [3.8, 4) is 34.4 Å². The lowest BCUT2D eigenvalue weighted by molar-refractivity contribution is 0.523. The van der Waals surface area contributed by atoms with Crippen LogP contribution in [0.2, 0.25) is 0 Å². The predicted molar refractivity (Wildman–Crippen MR) is 75.1 cm³/mol. The maximum absolute atomic E-state index is 5.61. The molecule has 4 aromatic rings. The van der Waals surface area contributed by atoms with Gasteiger partial charge in [-0.05, 0) is 36.4 Å². The summed E-state index contributed by atoms with van der Waals surface area (Å²) < 4.78 is 16.2. The predicted octanol–water partition coefficient (Wildman–Crippen LogP) is 4.26. The molecule has 0 aliphatic heterocycles. The van der Waals surface area contributed by atoms with Gasteiger partial charge in [-0.2, -0.15) is 0 Å². The van der Waals surface area contributed by atoms with Gasteiger partial charge in [-0.1, -0.05) is 12.1 Å². The molecular weight excluding hydrogens is 268 g/mol. The first-order chi connectivity index (χ1) is 10.4. The summed E-state index contributed by atoms with van der Waals surface area (Å²) >= 11 is 0. The van der Waals surface area contributed by atoms with Crippen LogP contribution in [-0.4, -0.2) is 10.2 Å². The molecule has 1 aromatic carbocycles. The molecule has 0 unspecified atom stereocenters. The van der Waals surface area contributed by atoms with Crippen LogP contribution in [0.25, 0.3) is 34.4 Å². The van der Waals surface area contributed by atoms with Crippen molar-refractivity contribution in [2.45, 2.75) is 0 Å². The Balaban J connectivity index is 1.65. The number of hydrogen-bond donors (Lipinski definition) is 0. The van der Waals surface area contributed by atoms with Crippen LogP contribution in [-0.2, 0) is 0 Å². The van der Waals surface area contributed by atoms with E-state index in [-0.39, 0.29) is 0 Å². The Kier molecular flexibility index (Phi) is 2.67. The largest absolute Gasteiger partial charge is 0.464 e. The highest BCUT2D eigenvalue weighted by Gasteiger charge is 2.12. The first-order valence-electron chi connectivity index (χ1n) is 6.42. The summed E-state index contributed by atoms with van der Waals surface area (Å²) in [5.74, 6) is 2.20. The van der Waals surface area contributed by atoms with Crippen LogP contribution >= 0.6 is 0 Å². The van der Waals surface area contributed by atoms with E-state index < -0.39 is 0 Å². The molecule has 0 radical (unpaired) electrons. The van der Waals surface area contributed by atoms with Gasteiger partial charge in [0.15, 0.2) is 5.76 Å². The van der Waals surface area contributed by atoms with E-state index in [0.29, 0.717) is 17.5 Å². The Morgan fingerprint density at radius 1 is 0.619 bits per heavy atom. The van der Waals surface area contributed by atoms with Gasteiger partial charge in [0, 0.05) is 11.1 Å². The molecule has 0 aliphatic rings. The Hall–Kier alpha value is -3.08. The Bertz CT molecular complexity index is 828. The minimum atomic E-state index is 0.366. The van der Waals surface area contributed by atoms with Gasteiger partial charge in [-0.3, -0.25) is 0 Å². The summed E-state index contributed by atoms with van der Waals surface area (Å²) in [6, 6.07) is 15.0. The second-order valence-corrected chi connectivity index (χ2v) is 4.44. The van der Waals surface area contributed by atoms with Gasteiger partial charge in [0.2, 0.25) is 5.89 Å². The lowest BCUT2D eigenvalue weighted by Gasteiger charge is -1.98. The van der Waals surface area contributed by atoms with Gasteiger partial charge >= 0.3 is 0 Å². The highest BCUT2D eigenvalue weighted by atomic mass is 16.4. The SMILES string of the molecule is c1coc(-c2ccc(-c3nnc(-c4ccco4)o3)cc2)c1. The van der Waals surface area contributed by atoms with E-state index in [9.17, 15) is 0 Å². The first-order valence-corrected chi connectivity index (χ1v) is 6.42. The molecule has 0 aliphatic carbocycles. The normalized spacial score (nSPS) is 10.9. The number of aromatic nitrogens is 2. The molecule has 0 fully saturated rings. The minimum Gasteiger partial charge on any atom is -0.464 e. The quantitative estimate of drug-likeness (QED) is 0.560. The van der Waals surface area contributed by atoms with Crippen molar-refractivity contribution in [2.24, 2.45) is 0 Å². The number of rotatable bonds is 3. The van der Waals surface area contributed by atoms with E-state index in [1.807, 2.05) is 36.4 Å². The number of furan rings is 2. The van der Waals surface area contributed by atoms with Gasteiger partial charge in [-0.25, -0.2) is 0 Å². The number of benzene rings is 1. The van der Waals surface area contributed by atoms with Gasteiger partial charge in [0.25, 0.3) is 5.89 Å². The van der Waals surface area contributed by atoms with Crippen molar-refractivity contribution in [3.63, 3.8) is 0 Å². The van der Waals surface area contributed by atoms with Crippen molar-refractivity contribution < 1.29 is 13.3 Å². The lowest BCUT2D eigenvalue weighted by atomic mass is 10.1. The molecular formula is C16H10N2O3. The van der Waals surface area contributed by atoms with Gasteiger partial charge < -0.3 is 13.3 Å². The molecule has 102 valence electrons. The van der Waals surface area contributed by atoms with Crippen LogP contribution in [0, 0.1) is 0 Å². The molecule has 3 aromatic heterocycles. The average Bonchev–Trinajstić information content (AvgIpc) is 3.27. The molecule has 5 heteroatoms. The van der Waals surface area contributed by atoms with Crippen molar-refractivity contribution in [1.82, 2.24) is 10.2 Å². The molecule has 0 saturated carbocycles. The maximum Gasteiger partial charge on any atom is 0.283 e. The molecule has 5 nitrogen and oxygen atoms in total. The van der Waals surface area contributed by atoms with Gasteiger partial charge in [-0.15, -0.1) is 10.2 Å². The van der Waals surface area contributed by atoms with E-state index >= 15 is 0 Å². The second-order valence-electron chi connectivity index (χ2n) is 4.44. The molecule has 0 N–H and O–H groups in total. The van der Waals surface area contributed by atoms with Crippen LogP contribution in [0.4, 0.5) is 0 Å². The molecule has 0 amide bonds. The fourth-order valence-electron chi connectivity index (χ4n) is 2.06. The maximum atomic E-state index is 5.61. The molecule has 0 atom stereocenters. The third-order valence-electron chi connectivity index (χ3n) is 3.09. The fourth-order valence-corrected chi connectivity index (χ4v) is 2.06. The summed E-state index contributed by atoms with van der Waals surface area (Å²) in [5, 5.41) is 8.01. The van der Waals surface area contributed by atoms with E-state index in [4.69, 9.17) is 13.3 Å². The molecule has 0 spiro atoms. The minimum absolute atomic E-state index is 0.366. The summed E-state index contributed by atoms with van der Waals surface area (Å²) in [7, 11) is 0. The summed E-state index contributed by atoms with van der Waals surface area (Å²) in [4.78, 5) is 0. The number of hydrogen-bond acceptors (Lipinski definition) is 5. The number of nitrogens with zero attached hydrogens (tertiary/aromatic N) is 2. The molecule has 0 saturated heterocycles. The monoisotopic (exact) mass is 278 g/mol. The molecule has 0 bridgehead atoms. The van der Waals surface area contributed by atoms with Crippen molar-refractivity contribution in [3.05, 3.63) is 61.1 Å². The lowest BCUT2D eigenvalue weighted by Crippen LogP contribution is -1.79. The topological polar surface area (TPSA) is 65.2 Å². The Morgan fingerprint density at radius 2 is 1.24 bits per heavy atom. The molecule has 4 rings (SSSR count). The third kappa shape index (κ3) is 2.14. The van der Waals surface area contributed by atoms with Crippen molar-refractivity contribution >= 4 is 0 Å². The molecule has 21 heavy (non-hydrogen) atoms. The van der Waals surface area contributed by atoms with Crippen LogP contribution in [0.5, 0.6) is 0 Å². The molecule has 3 heterocycles. The van der Waals surface area contributed by atoms with Crippen molar-refractivity contribution in [2.75, 3.05) is 0 Å². The summed E-state index contributed by atoms with van der Waals surface area (Å²) in [5.41, 5.74) is 1.84. The Morgan fingerprint density at radius 3 is 1.90 bits per heavy atom. The zero-order valence-corrected chi connectivity index (χ0v) is 10.9. The van der Waals surface area contributed by atoms with E-state index in [1.165, 1.54) is 0 Å². The summed E-state index contributed by atoms with van der Waals surface area (Å²) in [6.45, 7) is 0. The highest BCUT2D eigenvalue weighted by Crippen LogP contribution is 2.26. The van der Waals surface area contributed by atoms with E-state index in [0.717, 1.165) is 16.9 Å². The zero-order valence-electron chi connectivity index (χ0n) is 10.9. The zero-order chi connectivity index (χ0) is 14.1.